The Morgan fingerprint density at radius 2 is 2.10 bits per heavy atom. The molecule has 1 amide bonds. The highest BCUT2D eigenvalue weighted by atomic mass is 19.1. The number of pyridine rings is 1. The van der Waals surface area contributed by atoms with Crippen molar-refractivity contribution in [1.29, 1.82) is 0 Å². The molecule has 1 atom stereocenters. The average molecular weight is 405 g/mol. The summed E-state index contributed by atoms with van der Waals surface area (Å²) < 4.78 is 21.6. The number of nitrogens with zero attached hydrogens (tertiary/aromatic N) is 4. The molecule has 0 radical (unpaired) electrons. The van der Waals surface area contributed by atoms with E-state index in [1.165, 1.54) is 23.1 Å². The van der Waals surface area contributed by atoms with Crippen LogP contribution in [0.2, 0.25) is 0 Å². The number of benzene rings is 1. The van der Waals surface area contributed by atoms with Gasteiger partial charge in [0.2, 0.25) is 0 Å². The zero-order valence-corrected chi connectivity index (χ0v) is 16.8. The molecule has 1 aromatic carbocycles. The number of aromatic nitrogens is 3. The first-order valence-electron chi connectivity index (χ1n) is 9.30. The number of halogens is 1. The molecule has 152 valence electrons. The van der Waals surface area contributed by atoms with Crippen molar-refractivity contribution >= 4 is 11.7 Å². The molecular weight excluding hydrogens is 385 g/mol. The lowest BCUT2D eigenvalue weighted by Gasteiger charge is -2.23. The van der Waals surface area contributed by atoms with Gasteiger partial charge in [0.25, 0.3) is 5.91 Å². The summed E-state index contributed by atoms with van der Waals surface area (Å²) in [6.07, 6.45) is 6.67. The lowest BCUT2D eigenvalue weighted by Crippen LogP contribution is -2.28. The molecule has 1 aliphatic rings. The monoisotopic (exact) mass is 405 g/mol. The van der Waals surface area contributed by atoms with Crippen LogP contribution in [-0.2, 0) is 13.6 Å². The molecule has 3 aromatic rings. The van der Waals surface area contributed by atoms with Gasteiger partial charge in [-0.25, -0.2) is 9.37 Å². The van der Waals surface area contributed by atoms with Crippen LogP contribution in [0.3, 0.4) is 0 Å². The van der Waals surface area contributed by atoms with Crippen molar-refractivity contribution in [2.24, 2.45) is 7.05 Å². The molecule has 2 N–H and O–H groups in total. The molecule has 0 aliphatic carbocycles. The molecule has 0 saturated carbocycles. The topological polar surface area (TPSA) is 86.3 Å². The smallest absolute Gasteiger partial charge is 0.254 e. The zero-order valence-electron chi connectivity index (χ0n) is 16.8. The highest BCUT2D eigenvalue weighted by Gasteiger charge is 2.26. The maximum atomic E-state index is 14.0. The number of nitrogen functional groups attached to an aromatic ring is 1. The largest absolute Gasteiger partial charge is 0.482 e. The Morgan fingerprint density at radius 3 is 2.83 bits per heavy atom. The zero-order chi connectivity index (χ0) is 21.6. The van der Waals surface area contributed by atoms with Crippen LogP contribution < -0.4 is 10.5 Å². The van der Waals surface area contributed by atoms with Gasteiger partial charge in [-0.3, -0.25) is 9.48 Å². The van der Waals surface area contributed by atoms with Crippen LogP contribution in [0, 0.1) is 18.2 Å². The Kier molecular flexibility index (Phi) is 4.66. The van der Waals surface area contributed by atoms with E-state index in [0.717, 1.165) is 0 Å². The van der Waals surface area contributed by atoms with E-state index in [9.17, 15) is 9.18 Å². The summed E-state index contributed by atoms with van der Waals surface area (Å²) in [6, 6.07) is 5.75. The number of rotatable bonds is 0. The molecule has 0 saturated heterocycles. The maximum Gasteiger partial charge on any atom is 0.254 e. The van der Waals surface area contributed by atoms with Gasteiger partial charge in [0, 0.05) is 42.5 Å². The van der Waals surface area contributed by atoms with Gasteiger partial charge in [-0.2, -0.15) is 5.10 Å². The van der Waals surface area contributed by atoms with E-state index in [1.807, 2.05) is 0 Å². The van der Waals surface area contributed by atoms with E-state index in [2.05, 4.69) is 16.0 Å². The SMILES string of the molecule is C#Cc1c2c(nn1C)CN(C)C(=O)c1ccc(F)cc1[C@@H](C)Oc1cc-2cnc1N. The molecule has 0 spiro atoms. The summed E-state index contributed by atoms with van der Waals surface area (Å²) in [5, 5.41) is 4.52. The van der Waals surface area contributed by atoms with E-state index in [0.29, 0.717) is 39.4 Å². The summed E-state index contributed by atoms with van der Waals surface area (Å²) in [4.78, 5) is 19.0. The number of amides is 1. The van der Waals surface area contributed by atoms with Gasteiger partial charge in [0.1, 0.15) is 17.6 Å². The Bertz CT molecular complexity index is 1210. The van der Waals surface area contributed by atoms with Crippen molar-refractivity contribution in [3.05, 3.63) is 58.8 Å². The van der Waals surface area contributed by atoms with Crippen molar-refractivity contribution < 1.29 is 13.9 Å². The molecule has 8 heteroatoms. The van der Waals surface area contributed by atoms with Crippen molar-refractivity contribution in [3.8, 4) is 29.2 Å². The van der Waals surface area contributed by atoms with Crippen molar-refractivity contribution in [2.45, 2.75) is 19.6 Å². The van der Waals surface area contributed by atoms with Crippen LogP contribution in [-0.4, -0.2) is 32.6 Å². The number of ether oxygens (including phenoxy) is 1. The fourth-order valence-corrected chi connectivity index (χ4v) is 3.67. The predicted octanol–water partition coefficient (Wildman–Crippen LogP) is 2.91. The maximum absolute atomic E-state index is 14.0. The molecule has 30 heavy (non-hydrogen) atoms. The van der Waals surface area contributed by atoms with E-state index in [-0.39, 0.29) is 18.3 Å². The van der Waals surface area contributed by atoms with Crippen molar-refractivity contribution in [2.75, 3.05) is 12.8 Å². The third kappa shape index (κ3) is 3.14. The van der Waals surface area contributed by atoms with Gasteiger partial charge in [-0.05, 0) is 37.1 Å². The van der Waals surface area contributed by atoms with E-state index >= 15 is 0 Å². The lowest BCUT2D eigenvalue weighted by molar-refractivity contribution is 0.0778. The normalized spacial score (nSPS) is 15.9. The molecule has 0 fully saturated rings. The van der Waals surface area contributed by atoms with Gasteiger partial charge in [0.15, 0.2) is 11.6 Å². The Hall–Kier alpha value is -3.86. The van der Waals surface area contributed by atoms with Gasteiger partial charge < -0.3 is 15.4 Å². The number of nitrogens with two attached hydrogens (primary N) is 1. The number of carbonyl (C=O) groups is 1. The van der Waals surface area contributed by atoms with Crippen LogP contribution in [0.15, 0.2) is 30.5 Å². The first-order chi connectivity index (χ1) is 14.3. The third-order valence-electron chi connectivity index (χ3n) is 5.15. The Morgan fingerprint density at radius 1 is 1.33 bits per heavy atom. The van der Waals surface area contributed by atoms with Crippen molar-refractivity contribution in [1.82, 2.24) is 19.7 Å². The molecular formula is C22H20FN5O2. The first-order valence-corrected chi connectivity index (χ1v) is 9.30. The molecule has 3 heterocycles. The fourth-order valence-electron chi connectivity index (χ4n) is 3.67. The Balaban J connectivity index is 1.98. The lowest BCUT2D eigenvalue weighted by atomic mass is 10.00. The molecule has 7 nitrogen and oxygen atoms in total. The summed E-state index contributed by atoms with van der Waals surface area (Å²) in [6.45, 7) is 1.93. The minimum Gasteiger partial charge on any atom is -0.482 e. The van der Waals surface area contributed by atoms with E-state index in [1.54, 1.807) is 38.0 Å². The number of hydrogen-bond donors (Lipinski definition) is 1. The third-order valence-corrected chi connectivity index (χ3v) is 5.15. The number of hydrogen-bond acceptors (Lipinski definition) is 5. The number of fused-ring (bicyclic) bond motifs is 5. The first kappa shape index (κ1) is 19.5. The molecule has 1 aliphatic heterocycles. The van der Waals surface area contributed by atoms with Crippen LogP contribution in [0.25, 0.3) is 11.1 Å². The summed E-state index contributed by atoms with van der Waals surface area (Å²) >= 11 is 0. The van der Waals surface area contributed by atoms with Crippen LogP contribution in [0.5, 0.6) is 5.75 Å². The number of aryl methyl sites for hydroxylation is 1. The number of terminal acetylenes is 1. The quantitative estimate of drug-likeness (QED) is 0.581. The minimum absolute atomic E-state index is 0.178. The molecule has 0 unspecified atom stereocenters. The molecule has 4 rings (SSSR count). The van der Waals surface area contributed by atoms with E-state index < -0.39 is 11.9 Å². The minimum atomic E-state index is -0.646. The molecule has 2 bridgehead atoms. The summed E-state index contributed by atoms with van der Waals surface area (Å²) in [5.74, 6) is 2.40. The van der Waals surface area contributed by atoms with Crippen LogP contribution >= 0.6 is 0 Å². The standard InChI is InChI=1S/C22H20FN5O2/c1-5-18-20-13-8-19(21(24)25-10-13)30-12(2)16-9-14(23)6-7-15(16)22(29)27(3)11-17(20)26-28(18)4/h1,6-10,12H,11H2,2-4H3,(H2,24,25)/t12-/m1/s1. The fraction of sp³-hybridized carbons (Fsp3) is 0.227. The van der Waals surface area contributed by atoms with Gasteiger partial charge >= 0.3 is 0 Å². The van der Waals surface area contributed by atoms with Crippen LogP contribution in [0.1, 0.15) is 40.3 Å². The Labute approximate surface area is 173 Å². The van der Waals surface area contributed by atoms with Gasteiger partial charge in [-0.15, -0.1) is 6.42 Å². The number of anilines is 1. The second-order valence-corrected chi connectivity index (χ2v) is 7.20. The van der Waals surface area contributed by atoms with Gasteiger partial charge in [-0.1, -0.05) is 0 Å². The van der Waals surface area contributed by atoms with Crippen LogP contribution in [0.4, 0.5) is 10.2 Å². The van der Waals surface area contributed by atoms with Crippen molar-refractivity contribution in [3.63, 3.8) is 0 Å². The number of carbonyl (C=O) groups excluding carboxylic acids is 1. The highest BCUT2D eigenvalue weighted by molar-refractivity contribution is 5.95. The second-order valence-electron chi connectivity index (χ2n) is 7.20. The average Bonchev–Trinajstić information content (AvgIpc) is 3.03. The molecule has 2 aromatic heterocycles. The van der Waals surface area contributed by atoms with E-state index in [4.69, 9.17) is 16.9 Å². The highest BCUT2D eigenvalue weighted by Crippen LogP contribution is 2.35. The van der Waals surface area contributed by atoms with Gasteiger partial charge in [0.05, 0.1) is 12.2 Å². The second kappa shape index (κ2) is 7.19. The summed E-state index contributed by atoms with van der Waals surface area (Å²) in [7, 11) is 3.40. The summed E-state index contributed by atoms with van der Waals surface area (Å²) in [5.41, 5.74) is 9.30. The predicted molar refractivity (Wildman–Crippen MR) is 110 cm³/mol.